The summed E-state index contributed by atoms with van der Waals surface area (Å²) in [6.07, 6.45) is 2.12. The number of anilines is 1. The molecule has 0 aliphatic heterocycles. The lowest BCUT2D eigenvalue weighted by Crippen LogP contribution is -2.16. The van der Waals surface area contributed by atoms with Gasteiger partial charge in [-0.2, -0.15) is 0 Å². The maximum atomic E-state index is 5.70. The van der Waals surface area contributed by atoms with Crippen LogP contribution in [0.25, 0.3) is 0 Å². The molecular formula is C13H22N2O. The molecule has 0 saturated carbocycles. The van der Waals surface area contributed by atoms with Gasteiger partial charge in [0.15, 0.2) is 0 Å². The summed E-state index contributed by atoms with van der Waals surface area (Å²) in [6.45, 7) is 5.04. The summed E-state index contributed by atoms with van der Waals surface area (Å²) in [6, 6.07) is 6.42. The lowest BCUT2D eigenvalue weighted by Gasteiger charge is -2.12. The quantitative estimate of drug-likeness (QED) is 0.727. The van der Waals surface area contributed by atoms with Crippen LogP contribution in [0.4, 0.5) is 5.69 Å². The number of methoxy groups -OCH3 is 1. The predicted molar refractivity (Wildman–Crippen MR) is 69.1 cm³/mol. The molecule has 3 heteroatoms. The summed E-state index contributed by atoms with van der Waals surface area (Å²) in [4.78, 5) is 0. The van der Waals surface area contributed by atoms with Crippen LogP contribution in [-0.4, -0.2) is 19.7 Å². The van der Waals surface area contributed by atoms with Gasteiger partial charge in [-0.15, -0.1) is 0 Å². The van der Waals surface area contributed by atoms with Gasteiger partial charge in [0.1, 0.15) is 5.75 Å². The van der Waals surface area contributed by atoms with Crippen LogP contribution in [0.5, 0.6) is 5.75 Å². The Morgan fingerprint density at radius 3 is 2.81 bits per heavy atom. The van der Waals surface area contributed by atoms with Crippen LogP contribution in [0.3, 0.4) is 0 Å². The normalized spacial score (nSPS) is 12.2. The third kappa shape index (κ3) is 4.11. The number of ether oxygens (including phenoxy) is 1. The van der Waals surface area contributed by atoms with Crippen molar-refractivity contribution in [2.75, 3.05) is 19.0 Å². The van der Waals surface area contributed by atoms with Crippen molar-refractivity contribution in [3.63, 3.8) is 0 Å². The number of hydrogen-bond acceptors (Lipinski definition) is 3. The maximum absolute atomic E-state index is 5.70. The van der Waals surface area contributed by atoms with E-state index >= 15 is 0 Å². The molecule has 1 rings (SSSR count). The monoisotopic (exact) mass is 222 g/mol. The Morgan fingerprint density at radius 2 is 2.19 bits per heavy atom. The van der Waals surface area contributed by atoms with E-state index in [4.69, 9.17) is 10.5 Å². The van der Waals surface area contributed by atoms with Crippen LogP contribution in [0.15, 0.2) is 18.2 Å². The molecule has 1 aromatic carbocycles. The summed E-state index contributed by atoms with van der Waals surface area (Å²) in [5.74, 6) is 0.895. The molecular weight excluding hydrogens is 200 g/mol. The summed E-state index contributed by atoms with van der Waals surface area (Å²) in [5, 5.41) is 3.38. The molecule has 3 N–H and O–H groups in total. The first-order chi connectivity index (χ1) is 7.63. The van der Waals surface area contributed by atoms with E-state index in [0.29, 0.717) is 0 Å². The van der Waals surface area contributed by atoms with E-state index in [2.05, 4.69) is 18.3 Å². The van der Waals surface area contributed by atoms with Gasteiger partial charge < -0.3 is 15.8 Å². The predicted octanol–water partition coefficient (Wildman–Crippen LogP) is 2.54. The molecule has 3 nitrogen and oxygen atoms in total. The van der Waals surface area contributed by atoms with E-state index < -0.39 is 0 Å². The Hall–Kier alpha value is -1.22. The number of nitrogens with two attached hydrogens (primary N) is 1. The fourth-order valence-electron chi connectivity index (χ4n) is 1.61. The number of hydrogen-bond donors (Lipinski definition) is 2. The molecule has 0 bridgehead atoms. The van der Waals surface area contributed by atoms with Gasteiger partial charge in [0.25, 0.3) is 0 Å². The van der Waals surface area contributed by atoms with Gasteiger partial charge in [-0.05, 0) is 44.4 Å². The van der Waals surface area contributed by atoms with E-state index in [1.807, 2.05) is 19.1 Å². The molecule has 0 amide bonds. The number of rotatable bonds is 6. The molecule has 0 radical (unpaired) electrons. The maximum Gasteiger partial charge on any atom is 0.141 e. The van der Waals surface area contributed by atoms with E-state index in [-0.39, 0.29) is 6.04 Å². The summed E-state index contributed by atoms with van der Waals surface area (Å²) in [5.41, 5.74) is 7.99. The zero-order valence-corrected chi connectivity index (χ0v) is 10.4. The first-order valence-corrected chi connectivity index (χ1v) is 5.77. The first kappa shape index (κ1) is 12.8. The summed E-state index contributed by atoms with van der Waals surface area (Å²) < 4.78 is 5.29. The van der Waals surface area contributed by atoms with Crippen LogP contribution in [-0.2, 0) is 0 Å². The van der Waals surface area contributed by atoms with Crippen LogP contribution < -0.4 is 15.8 Å². The fraction of sp³-hybridized carbons (Fsp3) is 0.538. The van der Waals surface area contributed by atoms with Crippen molar-refractivity contribution in [1.82, 2.24) is 0 Å². The second-order valence-electron chi connectivity index (χ2n) is 4.25. The lowest BCUT2D eigenvalue weighted by atomic mass is 10.2. The third-order valence-corrected chi connectivity index (χ3v) is 2.51. The van der Waals surface area contributed by atoms with Crippen LogP contribution >= 0.6 is 0 Å². The molecule has 0 aliphatic carbocycles. The average Bonchev–Trinajstić information content (AvgIpc) is 2.24. The van der Waals surface area contributed by atoms with Crippen LogP contribution in [0.1, 0.15) is 25.3 Å². The summed E-state index contributed by atoms with van der Waals surface area (Å²) >= 11 is 0. The molecule has 0 spiro atoms. The molecule has 90 valence electrons. The van der Waals surface area contributed by atoms with Gasteiger partial charge in [0.05, 0.1) is 12.8 Å². The molecule has 0 heterocycles. The Kier molecular flexibility index (Phi) is 5.12. The standard InChI is InChI=1S/C13H22N2O/c1-10-6-7-13(16-3)12(9-10)15-8-4-5-11(2)14/h6-7,9,11,15H,4-5,8,14H2,1-3H3. The minimum Gasteiger partial charge on any atom is -0.495 e. The molecule has 16 heavy (non-hydrogen) atoms. The second kappa shape index (κ2) is 6.38. The van der Waals surface area contributed by atoms with Gasteiger partial charge in [-0.1, -0.05) is 6.07 Å². The van der Waals surface area contributed by atoms with E-state index in [9.17, 15) is 0 Å². The van der Waals surface area contributed by atoms with Crippen molar-refractivity contribution >= 4 is 5.69 Å². The minimum absolute atomic E-state index is 0.279. The third-order valence-electron chi connectivity index (χ3n) is 2.51. The van der Waals surface area contributed by atoms with Crippen molar-refractivity contribution < 1.29 is 4.74 Å². The van der Waals surface area contributed by atoms with Gasteiger partial charge >= 0.3 is 0 Å². The van der Waals surface area contributed by atoms with Crippen molar-refractivity contribution in [3.8, 4) is 5.75 Å². The zero-order valence-electron chi connectivity index (χ0n) is 10.4. The van der Waals surface area contributed by atoms with Crippen LogP contribution in [0.2, 0.25) is 0 Å². The molecule has 1 unspecified atom stereocenters. The van der Waals surface area contributed by atoms with Crippen LogP contribution in [0, 0.1) is 6.92 Å². The van der Waals surface area contributed by atoms with Gasteiger partial charge in [0, 0.05) is 12.6 Å². The van der Waals surface area contributed by atoms with Crippen molar-refractivity contribution in [1.29, 1.82) is 0 Å². The first-order valence-electron chi connectivity index (χ1n) is 5.77. The van der Waals surface area contributed by atoms with Crippen molar-refractivity contribution in [3.05, 3.63) is 23.8 Å². The van der Waals surface area contributed by atoms with Crippen molar-refractivity contribution in [2.45, 2.75) is 32.7 Å². The molecule has 1 atom stereocenters. The Bertz CT molecular complexity index is 324. The SMILES string of the molecule is COc1ccc(C)cc1NCCCC(C)N. The minimum atomic E-state index is 0.279. The molecule has 0 fully saturated rings. The molecule has 1 aromatic rings. The zero-order chi connectivity index (χ0) is 12.0. The molecule has 0 aromatic heterocycles. The average molecular weight is 222 g/mol. The van der Waals surface area contributed by atoms with E-state index in [0.717, 1.165) is 30.8 Å². The summed E-state index contributed by atoms with van der Waals surface area (Å²) in [7, 11) is 1.69. The second-order valence-corrected chi connectivity index (χ2v) is 4.25. The van der Waals surface area contributed by atoms with E-state index in [1.165, 1.54) is 5.56 Å². The van der Waals surface area contributed by atoms with Gasteiger partial charge in [-0.3, -0.25) is 0 Å². The number of nitrogens with one attached hydrogen (secondary N) is 1. The highest BCUT2D eigenvalue weighted by molar-refractivity contribution is 5.57. The van der Waals surface area contributed by atoms with Crippen molar-refractivity contribution in [2.24, 2.45) is 5.73 Å². The topological polar surface area (TPSA) is 47.3 Å². The Morgan fingerprint density at radius 1 is 1.44 bits per heavy atom. The number of benzene rings is 1. The number of aryl methyl sites for hydroxylation is 1. The fourth-order valence-corrected chi connectivity index (χ4v) is 1.61. The Balaban J connectivity index is 2.48. The Labute approximate surface area is 98.0 Å². The molecule has 0 saturated heterocycles. The van der Waals surface area contributed by atoms with Gasteiger partial charge in [-0.25, -0.2) is 0 Å². The van der Waals surface area contributed by atoms with Gasteiger partial charge in [0.2, 0.25) is 0 Å². The van der Waals surface area contributed by atoms with E-state index in [1.54, 1.807) is 7.11 Å². The highest BCUT2D eigenvalue weighted by Gasteiger charge is 2.02. The highest BCUT2D eigenvalue weighted by Crippen LogP contribution is 2.24. The smallest absolute Gasteiger partial charge is 0.141 e. The lowest BCUT2D eigenvalue weighted by molar-refractivity contribution is 0.416. The highest BCUT2D eigenvalue weighted by atomic mass is 16.5. The molecule has 0 aliphatic rings. The largest absolute Gasteiger partial charge is 0.495 e.